The lowest BCUT2D eigenvalue weighted by Gasteiger charge is -2.35. The standard InChI is InChI=1S/C20H26N2O3S/c1-13-19(26-15(3)21-13)17-8-6-16(7-9-17)14(2)22-11-10-18(5-4-12-23)25-20(22)24/h6-9,14,18,23H,4-5,10-12H2,1-3H3. The number of thiazole rings is 1. The van der Waals surface area contributed by atoms with Crippen LogP contribution in [0.3, 0.4) is 0 Å². The van der Waals surface area contributed by atoms with Gasteiger partial charge in [-0.25, -0.2) is 9.78 Å². The fourth-order valence-electron chi connectivity index (χ4n) is 3.41. The van der Waals surface area contributed by atoms with Gasteiger partial charge in [0.1, 0.15) is 6.10 Å². The number of hydrogen-bond donors (Lipinski definition) is 1. The van der Waals surface area contributed by atoms with Crippen LogP contribution >= 0.6 is 11.3 Å². The molecule has 6 heteroatoms. The molecule has 2 aromatic rings. The van der Waals surface area contributed by atoms with Gasteiger partial charge in [-0.15, -0.1) is 11.3 Å². The number of hydrogen-bond acceptors (Lipinski definition) is 5. The highest BCUT2D eigenvalue weighted by molar-refractivity contribution is 7.15. The van der Waals surface area contributed by atoms with E-state index in [-0.39, 0.29) is 24.8 Å². The number of aliphatic hydroxyl groups excluding tert-OH is 1. The summed E-state index contributed by atoms with van der Waals surface area (Å²) in [6.45, 7) is 6.91. The SMILES string of the molecule is Cc1nc(C)c(-c2ccc(C(C)N3CCC(CCCO)OC3=O)cc2)s1. The van der Waals surface area contributed by atoms with Crippen molar-refractivity contribution < 1.29 is 14.6 Å². The highest BCUT2D eigenvalue weighted by Gasteiger charge is 2.30. The van der Waals surface area contributed by atoms with E-state index in [1.807, 2.05) is 20.8 Å². The highest BCUT2D eigenvalue weighted by Crippen LogP contribution is 2.32. The molecule has 26 heavy (non-hydrogen) atoms. The van der Waals surface area contributed by atoms with Gasteiger partial charge in [0, 0.05) is 19.6 Å². The molecule has 0 bridgehead atoms. The van der Waals surface area contributed by atoms with Crippen LogP contribution in [0.2, 0.25) is 0 Å². The normalized spacial score (nSPS) is 18.7. The Morgan fingerprint density at radius 3 is 2.65 bits per heavy atom. The van der Waals surface area contributed by atoms with Crippen molar-refractivity contribution in [3.63, 3.8) is 0 Å². The van der Waals surface area contributed by atoms with E-state index in [2.05, 4.69) is 29.2 Å². The number of nitrogens with zero attached hydrogens (tertiary/aromatic N) is 2. The van der Waals surface area contributed by atoms with Crippen molar-refractivity contribution in [3.8, 4) is 10.4 Å². The number of benzene rings is 1. The van der Waals surface area contributed by atoms with Crippen molar-refractivity contribution >= 4 is 17.4 Å². The van der Waals surface area contributed by atoms with Crippen LogP contribution < -0.4 is 0 Å². The molecule has 5 nitrogen and oxygen atoms in total. The van der Waals surface area contributed by atoms with E-state index in [9.17, 15) is 4.79 Å². The van der Waals surface area contributed by atoms with Crippen LogP contribution in [0.15, 0.2) is 24.3 Å². The van der Waals surface area contributed by atoms with E-state index in [0.29, 0.717) is 13.0 Å². The third kappa shape index (κ3) is 4.07. The van der Waals surface area contributed by atoms with Gasteiger partial charge in [-0.3, -0.25) is 0 Å². The summed E-state index contributed by atoms with van der Waals surface area (Å²) < 4.78 is 5.52. The van der Waals surface area contributed by atoms with Crippen molar-refractivity contribution in [3.05, 3.63) is 40.5 Å². The molecule has 1 saturated heterocycles. The smallest absolute Gasteiger partial charge is 0.410 e. The summed E-state index contributed by atoms with van der Waals surface area (Å²) >= 11 is 1.70. The van der Waals surface area contributed by atoms with E-state index < -0.39 is 0 Å². The van der Waals surface area contributed by atoms with Crippen LogP contribution in [0, 0.1) is 13.8 Å². The number of aliphatic hydroxyl groups is 1. The number of ether oxygens (including phenoxy) is 1. The largest absolute Gasteiger partial charge is 0.446 e. The van der Waals surface area contributed by atoms with Crippen LogP contribution in [0.4, 0.5) is 4.79 Å². The molecular formula is C20H26N2O3S. The summed E-state index contributed by atoms with van der Waals surface area (Å²) in [6.07, 6.45) is 1.88. The minimum atomic E-state index is -0.260. The lowest BCUT2D eigenvalue weighted by atomic mass is 10.0. The van der Waals surface area contributed by atoms with Crippen LogP contribution in [-0.2, 0) is 4.74 Å². The van der Waals surface area contributed by atoms with Crippen molar-refractivity contribution in [2.75, 3.05) is 13.2 Å². The van der Waals surface area contributed by atoms with E-state index in [1.54, 1.807) is 16.2 Å². The third-order valence-electron chi connectivity index (χ3n) is 4.90. The molecule has 2 atom stereocenters. The van der Waals surface area contributed by atoms with Crippen molar-refractivity contribution in [2.24, 2.45) is 0 Å². The maximum Gasteiger partial charge on any atom is 0.410 e. The van der Waals surface area contributed by atoms with Crippen LogP contribution in [0.25, 0.3) is 10.4 Å². The number of rotatable bonds is 6. The summed E-state index contributed by atoms with van der Waals surface area (Å²) in [6, 6.07) is 8.34. The van der Waals surface area contributed by atoms with Gasteiger partial charge in [0.2, 0.25) is 0 Å². The predicted molar refractivity (Wildman–Crippen MR) is 103 cm³/mol. The van der Waals surface area contributed by atoms with E-state index in [0.717, 1.165) is 34.7 Å². The zero-order valence-electron chi connectivity index (χ0n) is 15.6. The van der Waals surface area contributed by atoms with Crippen LogP contribution in [0.1, 0.15) is 48.5 Å². The Kier molecular flexibility index (Phi) is 5.94. The topological polar surface area (TPSA) is 62.7 Å². The lowest BCUT2D eigenvalue weighted by Crippen LogP contribution is -2.43. The minimum absolute atomic E-state index is 0.0281. The van der Waals surface area contributed by atoms with Crippen LogP contribution in [-0.4, -0.2) is 40.3 Å². The first-order valence-electron chi connectivity index (χ1n) is 9.12. The molecule has 2 unspecified atom stereocenters. The van der Waals surface area contributed by atoms with Gasteiger partial charge in [0.15, 0.2) is 0 Å². The van der Waals surface area contributed by atoms with Crippen molar-refractivity contribution in [1.29, 1.82) is 0 Å². The molecule has 1 aliphatic heterocycles. The zero-order chi connectivity index (χ0) is 18.7. The second-order valence-electron chi connectivity index (χ2n) is 6.80. The number of aromatic nitrogens is 1. The fourth-order valence-corrected chi connectivity index (χ4v) is 4.33. The molecule has 140 valence electrons. The molecule has 1 amide bonds. The first-order valence-corrected chi connectivity index (χ1v) is 9.93. The fraction of sp³-hybridized carbons (Fsp3) is 0.500. The van der Waals surface area contributed by atoms with Gasteiger partial charge in [-0.2, -0.15) is 0 Å². The summed E-state index contributed by atoms with van der Waals surface area (Å²) in [5.74, 6) is 0. The maximum absolute atomic E-state index is 12.4. The number of carbonyl (C=O) groups excluding carboxylic acids is 1. The Bertz CT molecular complexity index is 757. The summed E-state index contributed by atoms with van der Waals surface area (Å²) in [7, 11) is 0. The van der Waals surface area contributed by atoms with Crippen LogP contribution in [0.5, 0.6) is 0 Å². The second kappa shape index (κ2) is 8.18. The van der Waals surface area contributed by atoms with Gasteiger partial charge in [-0.1, -0.05) is 24.3 Å². The summed E-state index contributed by atoms with van der Waals surface area (Å²) in [4.78, 5) is 19.8. The maximum atomic E-state index is 12.4. The second-order valence-corrected chi connectivity index (χ2v) is 8.00. The van der Waals surface area contributed by atoms with Gasteiger partial charge in [-0.05, 0) is 44.7 Å². The van der Waals surface area contributed by atoms with E-state index in [1.165, 1.54) is 4.88 Å². The molecule has 1 aliphatic rings. The number of aryl methyl sites for hydroxylation is 2. The highest BCUT2D eigenvalue weighted by atomic mass is 32.1. The molecule has 0 saturated carbocycles. The van der Waals surface area contributed by atoms with E-state index >= 15 is 0 Å². The van der Waals surface area contributed by atoms with Gasteiger partial charge in [0.05, 0.1) is 21.6 Å². The van der Waals surface area contributed by atoms with Gasteiger partial charge < -0.3 is 14.7 Å². The molecule has 0 radical (unpaired) electrons. The average molecular weight is 375 g/mol. The molecule has 1 aromatic heterocycles. The lowest BCUT2D eigenvalue weighted by molar-refractivity contribution is 0.00760. The van der Waals surface area contributed by atoms with Gasteiger partial charge in [0.25, 0.3) is 0 Å². The molecule has 0 aliphatic carbocycles. The molecule has 1 N–H and O–H groups in total. The predicted octanol–water partition coefficient (Wildman–Crippen LogP) is 4.47. The Balaban J connectivity index is 1.67. The molecular weight excluding hydrogens is 348 g/mol. The Hall–Kier alpha value is -1.92. The summed E-state index contributed by atoms with van der Waals surface area (Å²) in [5, 5.41) is 9.99. The Labute approximate surface area is 158 Å². The monoisotopic (exact) mass is 374 g/mol. The molecule has 2 heterocycles. The first kappa shape index (κ1) is 18.9. The number of amides is 1. The van der Waals surface area contributed by atoms with Gasteiger partial charge >= 0.3 is 6.09 Å². The van der Waals surface area contributed by atoms with Crippen molar-refractivity contribution in [2.45, 2.75) is 52.2 Å². The molecule has 3 rings (SSSR count). The molecule has 1 fully saturated rings. The molecule has 0 spiro atoms. The van der Waals surface area contributed by atoms with E-state index in [4.69, 9.17) is 9.84 Å². The number of carbonyl (C=O) groups is 1. The average Bonchev–Trinajstić information content (AvgIpc) is 2.98. The Morgan fingerprint density at radius 2 is 2.08 bits per heavy atom. The molecule has 1 aromatic carbocycles. The Morgan fingerprint density at radius 1 is 1.35 bits per heavy atom. The minimum Gasteiger partial charge on any atom is -0.446 e. The quantitative estimate of drug-likeness (QED) is 0.810. The summed E-state index contributed by atoms with van der Waals surface area (Å²) in [5.41, 5.74) is 3.31. The third-order valence-corrected chi connectivity index (χ3v) is 6.03. The first-order chi connectivity index (χ1) is 12.5. The zero-order valence-corrected chi connectivity index (χ0v) is 16.4. The number of cyclic esters (lactones) is 1. The van der Waals surface area contributed by atoms with Crippen molar-refractivity contribution in [1.82, 2.24) is 9.88 Å².